The van der Waals surface area contributed by atoms with Gasteiger partial charge in [0, 0.05) is 38.2 Å². The van der Waals surface area contributed by atoms with Crippen LogP contribution in [-0.4, -0.2) is 47.7 Å². The number of nitrogens with one attached hydrogen (secondary N) is 2. The van der Waals surface area contributed by atoms with Crippen LogP contribution in [0.1, 0.15) is 69.2 Å². The number of fused-ring (bicyclic) bond motifs is 5. The van der Waals surface area contributed by atoms with E-state index in [9.17, 15) is 14.4 Å². The Morgan fingerprint density at radius 3 is 2.63 bits per heavy atom. The Morgan fingerprint density at radius 2 is 1.91 bits per heavy atom. The summed E-state index contributed by atoms with van der Waals surface area (Å²) < 4.78 is 0. The molecule has 5 rings (SSSR count). The fourth-order valence-electron chi connectivity index (χ4n) is 8.05. The average molecular weight is 479 g/mol. The molecule has 0 saturated heterocycles. The van der Waals surface area contributed by atoms with Crippen molar-refractivity contribution >= 4 is 23.5 Å². The first kappa shape index (κ1) is 24.0. The van der Waals surface area contributed by atoms with Crippen molar-refractivity contribution in [1.82, 2.24) is 15.2 Å². The SMILES string of the molecule is CN(C)C(=O)c1ccc(NC(=O)C[C@H]2CC[C@H]3[C@@H]4CC[C@H]5NC(=O)C=C[C@]5(C)[C@H]4CC[C@]23C)nc1. The van der Waals surface area contributed by atoms with Crippen LogP contribution in [0.3, 0.4) is 0 Å². The highest BCUT2D eigenvalue weighted by Gasteiger charge is 2.59. The molecule has 0 spiro atoms. The summed E-state index contributed by atoms with van der Waals surface area (Å²) >= 11 is 0. The fourth-order valence-corrected chi connectivity index (χ4v) is 8.05. The quantitative estimate of drug-likeness (QED) is 0.684. The number of carbonyl (C=O) groups excluding carboxylic acids is 3. The Hall–Kier alpha value is -2.70. The fraction of sp³-hybridized carbons (Fsp3) is 0.643. The predicted molar refractivity (Wildman–Crippen MR) is 134 cm³/mol. The van der Waals surface area contributed by atoms with Crippen molar-refractivity contribution in [1.29, 1.82) is 0 Å². The van der Waals surface area contributed by atoms with E-state index in [2.05, 4.69) is 35.5 Å². The Morgan fingerprint density at radius 1 is 1.11 bits per heavy atom. The zero-order valence-corrected chi connectivity index (χ0v) is 21.3. The Labute approximate surface area is 208 Å². The molecule has 7 heteroatoms. The van der Waals surface area contributed by atoms with E-state index in [0.29, 0.717) is 41.5 Å². The summed E-state index contributed by atoms with van der Waals surface area (Å²) in [5.74, 6) is 2.70. The van der Waals surface area contributed by atoms with Gasteiger partial charge in [0.05, 0.1) is 5.56 Å². The Bertz CT molecular complexity index is 1050. The van der Waals surface area contributed by atoms with E-state index in [1.807, 2.05) is 0 Å². The van der Waals surface area contributed by atoms with Crippen molar-refractivity contribution in [3.63, 3.8) is 0 Å². The molecule has 2 heterocycles. The molecule has 1 aromatic rings. The van der Waals surface area contributed by atoms with Crippen LogP contribution in [0.15, 0.2) is 30.5 Å². The molecule has 0 radical (unpaired) electrons. The van der Waals surface area contributed by atoms with Crippen molar-refractivity contribution in [2.24, 2.45) is 34.5 Å². The van der Waals surface area contributed by atoms with Crippen molar-refractivity contribution in [2.45, 2.75) is 64.8 Å². The number of anilines is 1. The third-order valence-corrected chi connectivity index (χ3v) is 10.00. The third-order valence-electron chi connectivity index (χ3n) is 10.00. The molecule has 3 saturated carbocycles. The predicted octanol–water partition coefficient (Wildman–Crippen LogP) is 4.03. The highest BCUT2D eigenvalue weighted by atomic mass is 16.2. The number of amides is 3. The van der Waals surface area contributed by atoms with Crippen LogP contribution < -0.4 is 10.6 Å². The molecule has 4 aliphatic rings. The standard InChI is InChI=1S/C28H38N4O3/c1-27-13-11-21-19(7-9-22-28(21,2)14-12-24(33)30-22)20(27)8-6-18(27)15-25(34)31-23-10-5-17(16-29-23)26(35)32(3)4/h5,10,12,14,16,18-22H,6-9,11,13,15H2,1-4H3,(H,30,33)(H,29,31,34)/t18-,19+,20+,21+,22-,27-,28-/m1/s1. The van der Waals surface area contributed by atoms with E-state index in [1.54, 1.807) is 32.3 Å². The van der Waals surface area contributed by atoms with Gasteiger partial charge in [0.1, 0.15) is 5.82 Å². The van der Waals surface area contributed by atoms with E-state index >= 15 is 0 Å². The molecule has 3 amide bonds. The molecule has 7 nitrogen and oxygen atoms in total. The zero-order valence-electron chi connectivity index (χ0n) is 21.3. The molecule has 3 fully saturated rings. The second-order valence-corrected chi connectivity index (χ2v) is 11.9. The number of hydrogen-bond donors (Lipinski definition) is 2. The normalized spacial score (nSPS) is 37.5. The topological polar surface area (TPSA) is 91.4 Å². The van der Waals surface area contributed by atoms with Gasteiger partial charge in [-0.3, -0.25) is 14.4 Å². The number of aromatic nitrogens is 1. The molecule has 7 atom stereocenters. The first-order valence-corrected chi connectivity index (χ1v) is 13.1. The monoisotopic (exact) mass is 478 g/mol. The van der Waals surface area contributed by atoms with Crippen LogP contribution in [0.2, 0.25) is 0 Å². The van der Waals surface area contributed by atoms with Gasteiger partial charge < -0.3 is 15.5 Å². The minimum Gasteiger partial charge on any atom is -0.349 e. The number of nitrogens with zero attached hydrogens (tertiary/aromatic N) is 2. The van der Waals surface area contributed by atoms with Gasteiger partial charge in [-0.1, -0.05) is 19.9 Å². The van der Waals surface area contributed by atoms with E-state index in [1.165, 1.54) is 23.9 Å². The van der Waals surface area contributed by atoms with Gasteiger partial charge in [-0.15, -0.1) is 0 Å². The second-order valence-electron chi connectivity index (χ2n) is 11.9. The number of rotatable bonds is 4. The minimum absolute atomic E-state index is 0.00628. The van der Waals surface area contributed by atoms with Crippen LogP contribution in [0.5, 0.6) is 0 Å². The molecular weight excluding hydrogens is 440 g/mol. The third kappa shape index (κ3) is 4.07. The van der Waals surface area contributed by atoms with Crippen molar-refractivity contribution < 1.29 is 14.4 Å². The maximum absolute atomic E-state index is 13.0. The summed E-state index contributed by atoms with van der Waals surface area (Å²) in [6.45, 7) is 4.77. The number of carbonyl (C=O) groups is 3. The first-order chi connectivity index (χ1) is 16.6. The van der Waals surface area contributed by atoms with Crippen LogP contribution >= 0.6 is 0 Å². The van der Waals surface area contributed by atoms with E-state index in [-0.39, 0.29) is 34.6 Å². The van der Waals surface area contributed by atoms with E-state index in [4.69, 9.17) is 0 Å². The highest BCUT2D eigenvalue weighted by molar-refractivity contribution is 5.94. The highest BCUT2D eigenvalue weighted by Crippen LogP contribution is 2.65. The Kier molecular flexibility index (Phi) is 6.01. The lowest BCUT2D eigenvalue weighted by atomic mass is 9.48. The van der Waals surface area contributed by atoms with Crippen molar-refractivity contribution in [3.8, 4) is 0 Å². The van der Waals surface area contributed by atoms with Gasteiger partial charge >= 0.3 is 0 Å². The molecule has 1 aliphatic heterocycles. The first-order valence-electron chi connectivity index (χ1n) is 13.1. The van der Waals surface area contributed by atoms with E-state index < -0.39 is 0 Å². The molecule has 0 bridgehead atoms. The number of hydrogen-bond acceptors (Lipinski definition) is 4. The van der Waals surface area contributed by atoms with Crippen molar-refractivity contribution in [3.05, 3.63) is 36.0 Å². The average Bonchev–Trinajstić information content (AvgIpc) is 3.15. The van der Waals surface area contributed by atoms with Gasteiger partial charge in [-0.25, -0.2) is 4.98 Å². The van der Waals surface area contributed by atoms with Crippen LogP contribution in [-0.2, 0) is 9.59 Å². The molecule has 1 aromatic heterocycles. The van der Waals surface area contributed by atoms with Crippen molar-refractivity contribution in [2.75, 3.05) is 19.4 Å². The molecule has 2 N–H and O–H groups in total. The number of pyridine rings is 1. The van der Waals surface area contributed by atoms with Gasteiger partial charge in [0.25, 0.3) is 5.91 Å². The maximum atomic E-state index is 13.0. The smallest absolute Gasteiger partial charge is 0.254 e. The summed E-state index contributed by atoms with van der Waals surface area (Å²) in [5.41, 5.74) is 0.727. The summed E-state index contributed by atoms with van der Waals surface area (Å²) in [6.07, 6.45) is 12.8. The molecule has 0 aromatic carbocycles. The lowest BCUT2D eigenvalue weighted by Crippen LogP contribution is -2.59. The lowest BCUT2D eigenvalue weighted by molar-refractivity contribution is -0.123. The van der Waals surface area contributed by atoms with Gasteiger partial charge in [-0.2, -0.15) is 0 Å². The largest absolute Gasteiger partial charge is 0.349 e. The molecular formula is C28H38N4O3. The van der Waals surface area contributed by atoms with Crippen LogP contribution in [0, 0.1) is 34.5 Å². The van der Waals surface area contributed by atoms with Crippen LogP contribution in [0.4, 0.5) is 5.82 Å². The van der Waals surface area contributed by atoms with E-state index in [0.717, 1.165) is 25.7 Å². The summed E-state index contributed by atoms with van der Waals surface area (Å²) in [5, 5.41) is 6.18. The van der Waals surface area contributed by atoms with Gasteiger partial charge in [0.15, 0.2) is 0 Å². The molecule has 0 unspecified atom stereocenters. The lowest BCUT2D eigenvalue weighted by Gasteiger charge is -2.59. The van der Waals surface area contributed by atoms with Gasteiger partial charge in [-0.05, 0) is 85.8 Å². The zero-order chi connectivity index (χ0) is 25.0. The summed E-state index contributed by atoms with van der Waals surface area (Å²) in [7, 11) is 3.41. The van der Waals surface area contributed by atoms with Crippen LogP contribution in [0.25, 0.3) is 0 Å². The summed E-state index contributed by atoms with van der Waals surface area (Å²) in [4.78, 5) is 42.8. The Balaban J connectivity index is 1.24. The minimum atomic E-state index is -0.107. The second kappa shape index (κ2) is 8.75. The maximum Gasteiger partial charge on any atom is 0.254 e. The summed E-state index contributed by atoms with van der Waals surface area (Å²) in [6, 6.07) is 3.66. The molecule has 188 valence electrons. The molecule has 3 aliphatic carbocycles. The van der Waals surface area contributed by atoms with Gasteiger partial charge in [0.2, 0.25) is 11.8 Å². The molecule has 35 heavy (non-hydrogen) atoms.